The molecule has 128 valence electrons. The highest BCUT2D eigenvalue weighted by Crippen LogP contribution is 2.17. The molecule has 1 amide bonds. The Morgan fingerprint density at radius 2 is 1.83 bits per heavy atom. The number of nitrogens with one attached hydrogen (secondary N) is 1. The Morgan fingerprint density at radius 1 is 1.12 bits per heavy atom. The van der Waals surface area contributed by atoms with Gasteiger partial charge in [-0.1, -0.05) is 32.0 Å². The summed E-state index contributed by atoms with van der Waals surface area (Å²) in [6.07, 6.45) is 0.105. The van der Waals surface area contributed by atoms with Crippen molar-refractivity contribution in [2.45, 2.75) is 45.6 Å². The molecule has 1 aromatic carbocycles. The van der Waals surface area contributed by atoms with E-state index >= 15 is 0 Å². The maximum Gasteiger partial charge on any atom is 0.306 e. The molecule has 2 rings (SSSR count). The van der Waals surface area contributed by atoms with Gasteiger partial charge in [-0.3, -0.25) is 9.59 Å². The van der Waals surface area contributed by atoms with Crippen LogP contribution in [0.3, 0.4) is 0 Å². The molecule has 0 spiro atoms. The van der Waals surface area contributed by atoms with Gasteiger partial charge in [0.25, 0.3) is 5.91 Å². The molecule has 0 fully saturated rings. The predicted molar refractivity (Wildman–Crippen MR) is 97.4 cm³/mol. The molecule has 0 unspecified atom stereocenters. The molecule has 0 bridgehead atoms. The van der Waals surface area contributed by atoms with Crippen LogP contribution >= 0.6 is 11.3 Å². The van der Waals surface area contributed by atoms with E-state index in [0.717, 1.165) is 4.88 Å². The number of hydrogen-bond acceptors (Lipinski definition) is 4. The van der Waals surface area contributed by atoms with Gasteiger partial charge >= 0.3 is 5.97 Å². The van der Waals surface area contributed by atoms with Crippen molar-refractivity contribution in [3.8, 4) is 0 Å². The van der Waals surface area contributed by atoms with Gasteiger partial charge in [0, 0.05) is 10.6 Å². The average Bonchev–Trinajstić information content (AvgIpc) is 3.06. The van der Waals surface area contributed by atoms with Crippen LogP contribution in [0.2, 0.25) is 0 Å². The predicted octanol–water partition coefficient (Wildman–Crippen LogP) is 4.37. The number of carbonyl (C=O) groups excluding carboxylic acids is 2. The van der Waals surface area contributed by atoms with Crippen LogP contribution in [0.25, 0.3) is 0 Å². The summed E-state index contributed by atoms with van der Waals surface area (Å²) in [4.78, 5) is 25.1. The highest BCUT2D eigenvalue weighted by Gasteiger charge is 2.18. The maximum absolute atomic E-state index is 12.1. The fourth-order valence-electron chi connectivity index (χ4n) is 2.18. The van der Waals surface area contributed by atoms with Crippen molar-refractivity contribution in [3.05, 3.63) is 52.2 Å². The minimum Gasteiger partial charge on any atom is -0.453 e. The van der Waals surface area contributed by atoms with Crippen LogP contribution < -0.4 is 5.32 Å². The third-order valence-corrected chi connectivity index (χ3v) is 4.61. The van der Waals surface area contributed by atoms with Crippen molar-refractivity contribution >= 4 is 28.9 Å². The molecule has 1 aromatic heterocycles. The number of anilines is 1. The van der Waals surface area contributed by atoms with Gasteiger partial charge in [0.15, 0.2) is 6.10 Å². The molecule has 2 aromatic rings. The summed E-state index contributed by atoms with van der Waals surface area (Å²) in [7, 11) is 0. The lowest BCUT2D eigenvalue weighted by atomic mass is 10.0. The number of aryl methyl sites for hydroxylation is 1. The number of esters is 1. The monoisotopic (exact) mass is 345 g/mol. The van der Waals surface area contributed by atoms with Crippen molar-refractivity contribution in [2.75, 3.05) is 5.32 Å². The Labute approximate surface area is 146 Å². The second-order valence-electron chi connectivity index (χ2n) is 5.98. The first kappa shape index (κ1) is 18.2. The third-order valence-electron chi connectivity index (χ3n) is 3.68. The quantitative estimate of drug-likeness (QED) is 0.758. The summed E-state index contributed by atoms with van der Waals surface area (Å²) < 4.78 is 5.20. The smallest absolute Gasteiger partial charge is 0.306 e. The molecule has 4 nitrogen and oxygen atoms in total. The molecule has 24 heavy (non-hydrogen) atoms. The van der Waals surface area contributed by atoms with E-state index in [4.69, 9.17) is 4.74 Å². The lowest BCUT2D eigenvalue weighted by Crippen LogP contribution is -2.30. The number of benzene rings is 1. The number of hydrogen-bond donors (Lipinski definition) is 1. The summed E-state index contributed by atoms with van der Waals surface area (Å²) in [5, 5.41) is 4.74. The SMILES string of the molecule is CC(C)c1ccc(NC(=O)[C@@H](C)OC(=O)CCc2cccs2)cc1. The maximum atomic E-state index is 12.1. The third kappa shape index (κ3) is 5.49. The molecule has 0 radical (unpaired) electrons. The summed E-state index contributed by atoms with van der Waals surface area (Å²) in [5.41, 5.74) is 1.91. The van der Waals surface area contributed by atoms with Gasteiger partial charge in [-0.2, -0.15) is 0 Å². The molecule has 0 aliphatic carbocycles. The Balaban J connectivity index is 1.79. The zero-order valence-corrected chi connectivity index (χ0v) is 15.1. The molecule has 0 saturated carbocycles. The number of thiophene rings is 1. The Kier molecular flexibility index (Phi) is 6.55. The second-order valence-corrected chi connectivity index (χ2v) is 7.01. The second kappa shape index (κ2) is 8.64. The summed E-state index contributed by atoms with van der Waals surface area (Å²) in [6, 6.07) is 11.6. The van der Waals surface area contributed by atoms with Crippen molar-refractivity contribution in [3.63, 3.8) is 0 Å². The Morgan fingerprint density at radius 3 is 2.42 bits per heavy atom. The minimum absolute atomic E-state index is 0.279. The van der Waals surface area contributed by atoms with Crippen molar-refractivity contribution < 1.29 is 14.3 Å². The van der Waals surface area contributed by atoms with Crippen molar-refractivity contribution in [1.29, 1.82) is 0 Å². The van der Waals surface area contributed by atoms with E-state index in [-0.39, 0.29) is 18.3 Å². The normalized spacial score (nSPS) is 12.0. The van der Waals surface area contributed by atoms with Crippen LogP contribution in [0.15, 0.2) is 41.8 Å². The van der Waals surface area contributed by atoms with Gasteiger partial charge < -0.3 is 10.1 Å². The van der Waals surface area contributed by atoms with Crippen molar-refractivity contribution in [2.24, 2.45) is 0 Å². The first-order chi connectivity index (χ1) is 11.5. The molecular formula is C19H23NO3S. The van der Waals surface area contributed by atoms with Gasteiger partial charge in [-0.15, -0.1) is 11.3 Å². The summed E-state index contributed by atoms with van der Waals surface area (Å²) >= 11 is 1.61. The van der Waals surface area contributed by atoms with Gasteiger partial charge in [-0.25, -0.2) is 0 Å². The van der Waals surface area contributed by atoms with E-state index in [2.05, 4.69) is 19.2 Å². The van der Waals surface area contributed by atoms with E-state index in [1.54, 1.807) is 18.3 Å². The van der Waals surface area contributed by atoms with Crippen LogP contribution in [0.4, 0.5) is 5.69 Å². The van der Waals surface area contributed by atoms with Crippen LogP contribution in [-0.2, 0) is 20.7 Å². The highest BCUT2D eigenvalue weighted by molar-refractivity contribution is 7.09. The largest absolute Gasteiger partial charge is 0.453 e. The zero-order valence-electron chi connectivity index (χ0n) is 14.2. The molecule has 1 heterocycles. The fourth-order valence-corrected chi connectivity index (χ4v) is 2.89. The molecule has 1 atom stereocenters. The standard InChI is InChI=1S/C19H23NO3S/c1-13(2)15-6-8-16(9-7-15)20-19(22)14(3)23-18(21)11-10-17-5-4-12-24-17/h4-9,12-14H,10-11H2,1-3H3,(H,20,22)/t14-/m1/s1. The lowest BCUT2D eigenvalue weighted by Gasteiger charge is -2.14. The zero-order chi connectivity index (χ0) is 17.5. The van der Waals surface area contributed by atoms with E-state index < -0.39 is 6.10 Å². The molecule has 1 N–H and O–H groups in total. The van der Waals surface area contributed by atoms with Crippen LogP contribution in [0.1, 0.15) is 43.6 Å². The van der Waals surface area contributed by atoms with Gasteiger partial charge in [0.05, 0.1) is 6.42 Å². The molecule has 0 aliphatic rings. The van der Waals surface area contributed by atoms with Crippen LogP contribution in [0, 0.1) is 0 Å². The van der Waals surface area contributed by atoms with E-state index in [1.807, 2.05) is 41.8 Å². The van der Waals surface area contributed by atoms with Gasteiger partial charge in [0.1, 0.15) is 0 Å². The molecule has 5 heteroatoms. The summed E-state index contributed by atoms with van der Waals surface area (Å²) in [5.74, 6) is -0.240. The first-order valence-electron chi connectivity index (χ1n) is 8.08. The molecular weight excluding hydrogens is 322 g/mol. The molecule has 0 saturated heterocycles. The number of ether oxygens (including phenoxy) is 1. The van der Waals surface area contributed by atoms with Gasteiger partial charge in [-0.05, 0) is 48.4 Å². The van der Waals surface area contributed by atoms with E-state index in [1.165, 1.54) is 5.56 Å². The van der Waals surface area contributed by atoms with E-state index in [9.17, 15) is 9.59 Å². The first-order valence-corrected chi connectivity index (χ1v) is 8.96. The minimum atomic E-state index is -0.814. The van der Waals surface area contributed by atoms with Crippen LogP contribution in [-0.4, -0.2) is 18.0 Å². The molecule has 0 aliphatic heterocycles. The van der Waals surface area contributed by atoms with Gasteiger partial charge in [0.2, 0.25) is 0 Å². The number of carbonyl (C=O) groups is 2. The van der Waals surface area contributed by atoms with E-state index in [0.29, 0.717) is 18.0 Å². The number of rotatable bonds is 7. The Bertz CT molecular complexity index is 662. The topological polar surface area (TPSA) is 55.4 Å². The fraction of sp³-hybridized carbons (Fsp3) is 0.368. The average molecular weight is 345 g/mol. The van der Waals surface area contributed by atoms with Crippen molar-refractivity contribution in [1.82, 2.24) is 0 Å². The lowest BCUT2D eigenvalue weighted by molar-refractivity contribution is -0.153. The van der Waals surface area contributed by atoms with Crippen LogP contribution in [0.5, 0.6) is 0 Å². The Hall–Kier alpha value is -2.14. The summed E-state index contributed by atoms with van der Waals surface area (Å²) in [6.45, 7) is 5.82. The highest BCUT2D eigenvalue weighted by atomic mass is 32.1. The number of amides is 1.